The molecule has 0 spiro atoms. The maximum Gasteiger partial charge on any atom is 0.150 e. The third-order valence-corrected chi connectivity index (χ3v) is 5.62. The normalized spacial score (nSPS) is 24.0. The van der Waals surface area contributed by atoms with E-state index in [9.17, 15) is 0 Å². The Labute approximate surface area is 43.7 Å². The maximum atomic E-state index is 4.85. The molecule has 0 bridgehead atoms. The van der Waals surface area contributed by atoms with E-state index in [1.54, 1.807) is 0 Å². The minimum Gasteiger partial charge on any atom is -0.314 e. The van der Waals surface area contributed by atoms with Crippen molar-refractivity contribution in [1.29, 1.82) is 0 Å². The van der Waals surface area contributed by atoms with Crippen molar-refractivity contribution in [2.75, 3.05) is 6.23 Å². The van der Waals surface area contributed by atoms with Crippen LogP contribution in [-0.4, -0.2) is 33.0 Å². The predicted octanol–water partition coefficient (Wildman–Crippen LogP) is -1.66. The van der Waals surface area contributed by atoms with Gasteiger partial charge >= 0.3 is 0 Å². The lowest BCUT2D eigenvalue weighted by atomic mass is 11.7. The Balaban J connectivity index is 2.00. The molecule has 0 aromatic carbocycles. The van der Waals surface area contributed by atoms with Gasteiger partial charge in [-0.2, -0.15) is 0 Å². The van der Waals surface area contributed by atoms with E-state index in [1.165, 1.54) is 0 Å². The fourth-order valence-corrected chi connectivity index (χ4v) is 3.83. The first-order valence-corrected chi connectivity index (χ1v) is 6.80. The summed E-state index contributed by atoms with van der Waals surface area (Å²) in [6.07, 6.45) is 0.936. The summed E-state index contributed by atoms with van der Waals surface area (Å²) >= 11 is 0. The van der Waals surface area contributed by atoms with E-state index >= 15 is 0 Å². The van der Waals surface area contributed by atoms with Crippen molar-refractivity contribution in [3.8, 4) is 0 Å². The van der Waals surface area contributed by atoms with E-state index < -0.39 is 0 Å². The second-order valence-corrected chi connectivity index (χ2v) is 6.97. The van der Waals surface area contributed by atoms with Crippen LogP contribution >= 0.6 is 0 Å². The van der Waals surface area contributed by atoms with E-state index in [2.05, 4.69) is 5.15 Å². The zero-order valence-electron chi connectivity index (χ0n) is 3.12. The summed E-state index contributed by atoms with van der Waals surface area (Å²) in [6, 6.07) is 0. The summed E-state index contributed by atoms with van der Waals surface area (Å²) in [4.78, 5) is 4.85. The fourth-order valence-electron chi connectivity index (χ4n) is 0.214. The van der Waals surface area contributed by atoms with Gasteiger partial charge in [-0.1, -0.05) is 0 Å². The van der Waals surface area contributed by atoms with Crippen LogP contribution in [0.15, 0.2) is 0 Å². The van der Waals surface area contributed by atoms with E-state index in [1.807, 2.05) is 0 Å². The summed E-state index contributed by atoms with van der Waals surface area (Å²) < 4.78 is 0. The minimum absolute atomic E-state index is 0.870. The van der Waals surface area contributed by atoms with Crippen molar-refractivity contribution in [3.63, 3.8) is 0 Å². The average molecular weight is 129 g/mol. The van der Waals surface area contributed by atoms with Crippen LogP contribution in [0.2, 0.25) is 0 Å². The van der Waals surface area contributed by atoms with Crippen molar-refractivity contribution in [2.24, 2.45) is 0 Å². The van der Waals surface area contributed by atoms with Gasteiger partial charge in [0.25, 0.3) is 0 Å². The van der Waals surface area contributed by atoms with Crippen LogP contribution < -0.4 is 5.15 Å². The zero-order valence-corrected chi connectivity index (χ0v) is 6.12. The Bertz CT molecular complexity index is 26.3. The van der Waals surface area contributed by atoms with Crippen LogP contribution in [0.5, 0.6) is 0 Å². The first-order valence-electron chi connectivity index (χ1n) is 1.60. The van der Waals surface area contributed by atoms with Gasteiger partial charge in [0.2, 0.25) is 0 Å². The second kappa shape index (κ2) is 2.70. The molecule has 2 nitrogen and oxygen atoms in total. The Morgan fingerprint density at radius 1 is 1.67 bits per heavy atom. The molecule has 5 heteroatoms. The van der Waals surface area contributed by atoms with Gasteiger partial charge in [0.15, 0.2) is 9.20 Å². The predicted molar refractivity (Wildman–Crippen MR) is 26.3 cm³/mol. The van der Waals surface area contributed by atoms with Crippen LogP contribution in [0.3, 0.4) is 0 Å². The van der Waals surface area contributed by atoms with Gasteiger partial charge in [0.05, 0.1) is 15.3 Å². The molecule has 0 atom stereocenters. The summed E-state index contributed by atoms with van der Waals surface area (Å²) in [5.74, 6) is 0. The molecule has 0 aliphatic carbocycles. The SMILES string of the molecule is C1ON[Si][Si][Si]1. The molecule has 1 heterocycles. The quantitative estimate of drug-likeness (QED) is 0.395. The van der Waals surface area contributed by atoms with Crippen molar-refractivity contribution in [2.45, 2.75) is 0 Å². The van der Waals surface area contributed by atoms with Crippen molar-refractivity contribution >= 4 is 26.8 Å². The van der Waals surface area contributed by atoms with Crippen LogP contribution in [0, 0.1) is 0 Å². The Kier molecular flexibility index (Phi) is 2.12. The fraction of sp³-hybridized carbons (Fsp3) is 1.00. The third kappa shape index (κ3) is 1.35. The topological polar surface area (TPSA) is 21.3 Å². The van der Waals surface area contributed by atoms with Gasteiger partial charge in [0.1, 0.15) is 0 Å². The molecule has 1 rings (SSSR count). The lowest BCUT2D eigenvalue weighted by molar-refractivity contribution is 0.133. The van der Waals surface area contributed by atoms with E-state index in [0.29, 0.717) is 0 Å². The molecule has 1 saturated heterocycles. The lowest BCUT2D eigenvalue weighted by Gasteiger charge is -2.06. The van der Waals surface area contributed by atoms with E-state index in [4.69, 9.17) is 4.84 Å². The van der Waals surface area contributed by atoms with Gasteiger partial charge in [-0.05, 0) is 0 Å². The molecule has 1 aliphatic heterocycles. The van der Waals surface area contributed by atoms with Crippen LogP contribution in [0.25, 0.3) is 0 Å². The number of rotatable bonds is 0. The molecule has 1 N–H and O–H groups in total. The molecule has 6 radical (unpaired) electrons. The number of nitrogens with one attached hydrogen (secondary N) is 1. The van der Waals surface area contributed by atoms with Crippen molar-refractivity contribution in [1.82, 2.24) is 5.15 Å². The first kappa shape index (κ1) is 4.72. The largest absolute Gasteiger partial charge is 0.314 e. The number of hydrogen-bond donors (Lipinski definition) is 1. The van der Waals surface area contributed by atoms with Gasteiger partial charge < -0.3 is 4.84 Å². The Morgan fingerprint density at radius 3 is 2.83 bits per heavy atom. The summed E-state index contributed by atoms with van der Waals surface area (Å²) in [7, 11) is 3.05. The zero-order chi connectivity index (χ0) is 4.24. The van der Waals surface area contributed by atoms with Gasteiger partial charge in [-0.25, -0.2) is 5.15 Å². The van der Waals surface area contributed by atoms with Gasteiger partial charge in [-0.3, -0.25) is 0 Å². The molecule has 0 amide bonds. The standard InChI is InChI=1S/CH3NOSi3/c1-3-2-5-6-4-1/h2H,1H2. The Morgan fingerprint density at radius 2 is 2.67 bits per heavy atom. The average Bonchev–Trinajstić information content (AvgIpc) is 1.72. The molecule has 6 heavy (non-hydrogen) atoms. The highest BCUT2D eigenvalue weighted by atomic mass is 29.5. The molecule has 0 aromatic heterocycles. The van der Waals surface area contributed by atoms with Crippen LogP contribution in [0.4, 0.5) is 0 Å². The third-order valence-electron chi connectivity index (χ3n) is 0.418. The molecule has 30 valence electrons. The molecule has 0 aromatic rings. The van der Waals surface area contributed by atoms with E-state index in [-0.39, 0.29) is 0 Å². The molecular formula is CH3NOSi3. The highest BCUT2D eigenvalue weighted by molar-refractivity contribution is 7.29. The molecular weight excluding hydrogens is 126 g/mol. The van der Waals surface area contributed by atoms with Crippen LogP contribution in [-0.2, 0) is 4.84 Å². The van der Waals surface area contributed by atoms with Crippen LogP contribution in [0.1, 0.15) is 0 Å². The highest BCUT2D eigenvalue weighted by Crippen LogP contribution is 1.67. The maximum absolute atomic E-state index is 4.85. The summed E-state index contributed by atoms with van der Waals surface area (Å²) in [5.41, 5.74) is 0. The monoisotopic (exact) mass is 129 g/mol. The molecule has 0 unspecified atom stereocenters. The summed E-state index contributed by atoms with van der Waals surface area (Å²) in [5, 5.41) is 2.83. The minimum atomic E-state index is 0.870. The van der Waals surface area contributed by atoms with Gasteiger partial charge in [0, 0.05) is 8.55 Å². The molecule has 0 saturated carbocycles. The molecule has 1 aliphatic rings. The first-order chi connectivity index (χ1) is 3.00. The highest BCUT2D eigenvalue weighted by Gasteiger charge is 1.98. The lowest BCUT2D eigenvalue weighted by Crippen LogP contribution is -2.37. The molecule has 1 fully saturated rings. The van der Waals surface area contributed by atoms with Crippen molar-refractivity contribution < 1.29 is 4.84 Å². The van der Waals surface area contributed by atoms with Crippen molar-refractivity contribution in [3.05, 3.63) is 0 Å². The van der Waals surface area contributed by atoms with E-state index in [0.717, 1.165) is 33.0 Å². The summed E-state index contributed by atoms with van der Waals surface area (Å²) in [6.45, 7) is 0. The Hall–Kier alpha value is 0.571. The smallest absolute Gasteiger partial charge is 0.150 e. The number of hydrogen-bond acceptors (Lipinski definition) is 2. The second-order valence-electron chi connectivity index (χ2n) is 0.818. The van der Waals surface area contributed by atoms with Gasteiger partial charge in [-0.15, -0.1) is 0 Å².